The standard InChI is InChI=1S/C27H28ClN7O5S/c1-39-24-16-18(35-11-5-8-23(35)26(36)34-12-14-40-15-13-34)9-10-22(24)31-27-29-17-19(28)25(32-27)30-20-6-3-4-7-21(20)33-41(2,37)38/h3-11,16-17,33H,12-15H2,1-2H3,(H2,29,30,31,32). The van der Waals surface area contributed by atoms with Crippen molar-refractivity contribution in [2.45, 2.75) is 0 Å². The Morgan fingerprint density at radius 3 is 2.51 bits per heavy atom. The molecule has 3 N–H and O–H groups in total. The Bertz CT molecular complexity index is 1670. The fourth-order valence-corrected chi connectivity index (χ4v) is 5.00. The average Bonchev–Trinajstić information content (AvgIpc) is 3.45. The summed E-state index contributed by atoms with van der Waals surface area (Å²) in [7, 11) is -1.96. The Morgan fingerprint density at radius 2 is 1.78 bits per heavy atom. The molecule has 3 heterocycles. The van der Waals surface area contributed by atoms with Crippen LogP contribution in [0.5, 0.6) is 5.75 Å². The predicted octanol–water partition coefficient (Wildman–Crippen LogP) is 4.26. The van der Waals surface area contributed by atoms with Gasteiger partial charge in [-0.25, -0.2) is 13.4 Å². The number of halogens is 1. The maximum atomic E-state index is 13.1. The molecule has 1 aliphatic heterocycles. The summed E-state index contributed by atoms with van der Waals surface area (Å²) in [6, 6.07) is 15.8. The summed E-state index contributed by atoms with van der Waals surface area (Å²) >= 11 is 6.35. The largest absolute Gasteiger partial charge is 0.494 e. The minimum absolute atomic E-state index is 0.0672. The SMILES string of the molecule is COc1cc(-n2cccc2C(=O)N2CCOCC2)ccc1Nc1ncc(Cl)c(Nc2ccccc2NS(C)(=O)=O)n1. The molecule has 0 spiro atoms. The number of benzene rings is 2. The zero-order chi connectivity index (χ0) is 29.0. The molecule has 1 fully saturated rings. The lowest BCUT2D eigenvalue weighted by atomic mass is 10.2. The van der Waals surface area contributed by atoms with Gasteiger partial charge in [0.1, 0.15) is 16.5 Å². The Labute approximate surface area is 242 Å². The molecule has 2 aromatic carbocycles. The summed E-state index contributed by atoms with van der Waals surface area (Å²) < 4.78 is 38.8. The minimum atomic E-state index is -3.50. The summed E-state index contributed by atoms with van der Waals surface area (Å²) in [6.45, 7) is 2.14. The van der Waals surface area contributed by atoms with Crippen molar-refractivity contribution in [3.8, 4) is 11.4 Å². The molecule has 0 aliphatic carbocycles. The number of ether oxygens (including phenoxy) is 2. The lowest BCUT2D eigenvalue weighted by Gasteiger charge is -2.27. The molecule has 1 amide bonds. The van der Waals surface area contributed by atoms with Gasteiger partial charge in [0, 0.05) is 31.0 Å². The number of carbonyl (C=O) groups is 1. The summed E-state index contributed by atoms with van der Waals surface area (Å²) in [5.74, 6) is 0.917. The molecule has 0 saturated carbocycles. The van der Waals surface area contributed by atoms with Gasteiger partial charge in [-0.05, 0) is 36.4 Å². The van der Waals surface area contributed by atoms with E-state index in [-0.39, 0.29) is 22.7 Å². The van der Waals surface area contributed by atoms with Crippen molar-refractivity contribution >= 4 is 56.4 Å². The highest BCUT2D eigenvalue weighted by molar-refractivity contribution is 7.92. The van der Waals surface area contributed by atoms with Crippen LogP contribution < -0.4 is 20.1 Å². The molecule has 1 aliphatic rings. The molecule has 214 valence electrons. The number of morpholine rings is 1. The number of amides is 1. The van der Waals surface area contributed by atoms with Gasteiger partial charge in [-0.15, -0.1) is 0 Å². The number of nitrogens with one attached hydrogen (secondary N) is 3. The van der Waals surface area contributed by atoms with Crippen molar-refractivity contribution in [3.05, 3.63) is 77.7 Å². The van der Waals surface area contributed by atoms with E-state index in [1.54, 1.807) is 54.5 Å². The molecule has 41 heavy (non-hydrogen) atoms. The number of hydrogen-bond donors (Lipinski definition) is 3. The van der Waals surface area contributed by atoms with E-state index in [0.29, 0.717) is 54.8 Å². The van der Waals surface area contributed by atoms with Gasteiger partial charge in [-0.2, -0.15) is 4.98 Å². The Balaban J connectivity index is 1.38. The molecule has 0 bridgehead atoms. The highest BCUT2D eigenvalue weighted by atomic mass is 35.5. The Kier molecular flexibility index (Phi) is 8.28. The van der Waals surface area contributed by atoms with E-state index in [2.05, 4.69) is 25.3 Å². The zero-order valence-corrected chi connectivity index (χ0v) is 23.9. The number of anilines is 5. The van der Waals surface area contributed by atoms with Crippen LogP contribution in [0.4, 0.5) is 28.8 Å². The molecule has 12 nitrogen and oxygen atoms in total. The van der Waals surface area contributed by atoms with Gasteiger partial charge in [0.15, 0.2) is 5.82 Å². The first-order chi connectivity index (χ1) is 19.7. The molecule has 0 atom stereocenters. The van der Waals surface area contributed by atoms with E-state index in [4.69, 9.17) is 21.1 Å². The normalized spacial score (nSPS) is 13.5. The van der Waals surface area contributed by atoms with E-state index in [9.17, 15) is 13.2 Å². The number of nitrogens with zero attached hydrogens (tertiary/aromatic N) is 4. The number of carbonyl (C=O) groups excluding carboxylic acids is 1. The van der Waals surface area contributed by atoms with E-state index < -0.39 is 10.0 Å². The van der Waals surface area contributed by atoms with E-state index in [1.807, 2.05) is 22.9 Å². The number of para-hydroxylation sites is 2. The molecule has 1 saturated heterocycles. The lowest BCUT2D eigenvalue weighted by Crippen LogP contribution is -2.41. The van der Waals surface area contributed by atoms with Crippen molar-refractivity contribution in [2.24, 2.45) is 0 Å². The number of sulfonamides is 1. The summed E-state index contributed by atoms with van der Waals surface area (Å²) in [5.41, 5.74) is 2.66. The first-order valence-electron chi connectivity index (χ1n) is 12.6. The van der Waals surface area contributed by atoms with Gasteiger partial charge in [-0.3, -0.25) is 9.52 Å². The van der Waals surface area contributed by atoms with Crippen molar-refractivity contribution in [3.63, 3.8) is 0 Å². The van der Waals surface area contributed by atoms with E-state index >= 15 is 0 Å². The third-order valence-electron chi connectivity index (χ3n) is 6.20. The van der Waals surface area contributed by atoms with Crippen LogP contribution in [0.2, 0.25) is 5.02 Å². The Morgan fingerprint density at radius 1 is 1.02 bits per heavy atom. The van der Waals surface area contributed by atoms with E-state index in [1.165, 1.54) is 6.20 Å². The second-order valence-corrected chi connectivity index (χ2v) is 11.3. The topological polar surface area (TPSA) is 140 Å². The lowest BCUT2D eigenvalue weighted by molar-refractivity contribution is 0.0297. The fraction of sp³-hybridized carbons (Fsp3) is 0.222. The maximum Gasteiger partial charge on any atom is 0.270 e. The third-order valence-corrected chi connectivity index (χ3v) is 7.06. The van der Waals surface area contributed by atoms with Gasteiger partial charge >= 0.3 is 0 Å². The van der Waals surface area contributed by atoms with Crippen molar-refractivity contribution in [1.29, 1.82) is 0 Å². The highest BCUT2D eigenvalue weighted by Gasteiger charge is 2.22. The van der Waals surface area contributed by atoms with Crippen LogP contribution in [0.3, 0.4) is 0 Å². The van der Waals surface area contributed by atoms with Crippen LogP contribution in [-0.2, 0) is 14.8 Å². The van der Waals surface area contributed by atoms with Crippen LogP contribution in [-0.4, -0.2) is 73.4 Å². The molecule has 2 aromatic heterocycles. The van der Waals surface area contributed by atoms with Crippen molar-refractivity contribution in [1.82, 2.24) is 19.4 Å². The second kappa shape index (κ2) is 12.0. The average molecular weight is 598 g/mol. The van der Waals surface area contributed by atoms with Crippen LogP contribution in [0.25, 0.3) is 5.69 Å². The smallest absolute Gasteiger partial charge is 0.270 e. The summed E-state index contributed by atoms with van der Waals surface area (Å²) in [4.78, 5) is 23.7. The third kappa shape index (κ3) is 6.70. The summed E-state index contributed by atoms with van der Waals surface area (Å²) in [5, 5.41) is 6.43. The minimum Gasteiger partial charge on any atom is -0.494 e. The van der Waals surface area contributed by atoms with Gasteiger partial charge in [0.05, 0.1) is 49.8 Å². The molecular formula is C27H28ClN7O5S. The van der Waals surface area contributed by atoms with Gasteiger partial charge < -0.3 is 29.6 Å². The number of aromatic nitrogens is 3. The molecule has 4 aromatic rings. The number of rotatable bonds is 9. The first-order valence-corrected chi connectivity index (χ1v) is 14.8. The van der Waals surface area contributed by atoms with Gasteiger partial charge in [-0.1, -0.05) is 23.7 Å². The number of methoxy groups -OCH3 is 1. The quantitative estimate of drug-likeness (QED) is 0.258. The molecule has 0 unspecified atom stereocenters. The van der Waals surface area contributed by atoms with E-state index in [0.717, 1.165) is 11.9 Å². The molecule has 0 radical (unpaired) electrons. The van der Waals surface area contributed by atoms with Crippen LogP contribution >= 0.6 is 11.6 Å². The van der Waals surface area contributed by atoms with Crippen LogP contribution in [0.1, 0.15) is 10.5 Å². The fourth-order valence-electron chi connectivity index (χ4n) is 4.29. The second-order valence-electron chi connectivity index (χ2n) is 9.11. The Hall–Kier alpha value is -4.33. The van der Waals surface area contributed by atoms with Crippen molar-refractivity contribution < 1.29 is 22.7 Å². The van der Waals surface area contributed by atoms with Crippen LogP contribution in [0.15, 0.2) is 67.0 Å². The number of hydrogen-bond acceptors (Lipinski definition) is 9. The van der Waals surface area contributed by atoms with Crippen molar-refractivity contribution in [2.75, 3.05) is 55.0 Å². The summed E-state index contributed by atoms with van der Waals surface area (Å²) in [6.07, 6.45) is 4.32. The molecule has 5 rings (SSSR count). The van der Waals surface area contributed by atoms with Gasteiger partial charge in [0.25, 0.3) is 5.91 Å². The maximum absolute atomic E-state index is 13.1. The monoisotopic (exact) mass is 597 g/mol. The highest BCUT2D eigenvalue weighted by Crippen LogP contribution is 2.33. The zero-order valence-electron chi connectivity index (χ0n) is 22.3. The molecular weight excluding hydrogens is 570 g/mol. The van der Waals surface area contributed by atoms with Gasteiger partial charge in [0.2, 0.25) is 16.0 Å². The van der Waals surface area contributed by atoms with Crippen LogP contribution in [0, 0.1) is 0 Å². The first kappa shape index (κ1) is 28.2. The predicted molar refractivity (Wildman–Crippen MR) is 158 cm³/mol. The molecule has 14 heteroatoms.